The first kappa shape index (κ1) is 14.4. The van der Waals surface area contributed by atoms with Crippen molar-refractivity contribution in [3.63, 3.8) is 0 Å². The summed E-state index contributed by atoms with van der Waals surface area (Å²) in [5.41, 5.74) is 0. The van der Waals surface area contributed by atoms with Crippen LogP contribution in [0.5, 0.6) is 0 Å². The van der Waals surface area contributed by atoms with E-state index in [1.54, 1.807) is 6.20 Å². The summed E-state index contributed by atoms with van der Waals surface area (Å²) in [4.78, 5) is 4.23. The second-order valence-corrected chi connectivity index (χ2v) is 5.39. The number of imidazole rings is 1. The number of aryl methyl sites for hydroxylation is 1. The highest BCUT2D eigenvalue weighted by Crippen LogP contribution is 2.37. The zero-order valence-corrected chi connectivity index (χ0v) is 11.2. The summed E-state index contributed by atoms with van der Waals surface area (Å²) < 4.78 is 40.1. The molecule has 6 heteroatoms. The summed E-state index contributed by atoms with van der Waals surface area (Å²) in [6.07, 6.45) is 1.36. The van der Waals surface area contributed by atoms with E-state index >= 15 is 0 Å². The lowest BCUT2D eigenvalue weighted by Crippen LogP contribution is -2.40. The van der Waals surface area contributed by atoms with Crippen LogP contribution in [-0.4, -0.2) is 21.8 Å². The molecule has 0 saturated heterocycles. The van der Waals surface area contributed by atoms with Crippen molar-refractivity contribution in [2.24, 2.45) is 13.0 Å². The number of nitrogens with one attached hydrogen (secondary N) is 1. The molecule has 1 heterocycles. The average Bonchev–Trinajstić information content (AvgIpc) is 2.75. The lowest BCUT2D eigenvalue weighted by molar-refractivity contribution is -0.183. The first-order valence-electron chi connectivity index (χ1n) is 6.68. The summed E-state index contributed by atoms with van der Waals surface area (Å²) in [6.45, 7) is 1.94. The van der Waals surface area contributed by atoms with Gasteiger partial charge in [0.05, 0.1) is 12.0 Å². The van der Waals surface area contributed by atoms with Gasteiger partial charge in [0.2, 0.25) is 0 Å². The Morgan fingerprint density at radius 3 is 2.74 bits per heavy atom. The van der Waals surface area contributed by atoms with Crippen molar-refractivity contribution in [3.8, 4) is 0 Å². The second-order valence-electron chi connectivity index (χ2n) is 5.39. The summed E-state index contributed by atoms with van der Waals surface area (Å²) >= 11 is 0. The highest BCUT2D eigenvalue weighted by molar-refractivity contribution is 4.98. The molecule has 3 atom stereocenters. The molecule has 1 aliphatic rings. The Morgan fingerprint density at radius 1 is 1.42 bits per heavy atom. The minimum atomic E-state index is -4.06. The van der Waals surface area contributed by atoms with Gasteiger partial charge >= 0.3 is 6.18 Å². The normalized spacial score (nSPS) is 26.4. The van der Waals surface area contributed by atoms with Crippen LogP contribution in [0.1, 0.15) is 44.5 Å². The fraction of sp³-hybridized carbons (Fsp3) is 0.769. The van der Waals surface area contributed by atoms with Gasteiger partial charge in [-0.05, 0) is 26.2 Å². The van der Waals surface area contributed by atoms with Crippen molar-refractivity contribution in [1.29, 1.82) is 0 Å². The number of hydrogen-bond acceptors (Lipinski definition) is 2. The van der Waals surface area contributed by atoms with E-state index in [2.05, 4.69) is 10.3 Å². The third-order valence-corrected chi connectivity index (χ3v) is 3.87. The van der Waals surface area contributed by atoms with Gasteiger partial charge in [0.1, 0.15) is 5.82 Å². The van der Waals surface area contributed by atoms with Gasteiger partial charge in [-0.2, -0.15) is 13.2 Å². The van der Waals surface area contributed by atoms with Crippen LogP contribution in [-0.2, 0) is 7.05 Å². The SMILES string of the molecule is CC(NC1CCCC(C(F)(F)F)C1)c1nccn1C. The van der Waals surface area contributed by atoms with E-state index in [1.165, 1.54) is 0 Å². The van der Waals surface area contributed by atoms with E-state index in [9.17, 15) is 13.2 Å². The van der Waals surface area contributed by atoms with Gasteiger partial charge in [-0.15, -0.1) is 0 Å². The molecule has 1 aromatic heterocycles. The number of rotatable bonds is 3. The summed E-state index contributed by atoms with van der Waals surface area (Å²) in [6, 6.07) is -0.107. The van der Waals surface area contributed by atoms with Crippen molar-refractivity contribution in [2.75, 3.05) is 0 Å². The Balaban J connectivity index is 1.94. The lowest BCUT2D eigenvalue weighted by atomic mass is 9.85. The lowest BCUT2D eigenvalue weighted by Gasteiger charge is -2.32. The van der Waals surface area contributed by atoms with Crippen LogP contribution in [0.3, 0.4) is 0 Å². The fourth-order valence-corrected chi connectivity index (χ4v) is 2.86. The second kappa shape index (κ2) is 5.53. The van der Waals surface area contributed by atoms with Crippen molar-refractivity contribution in [2.45, 2.75) is 50.9 Å². The molecule has 0 amide bonds. The molecule has 1 aliphatic carbocycles. The predicted octanol–water partition coefficient (Wildman–Crippen LogP) is 3.19. The molecule has 3 unspecified atom stereocenters. The molecule has 19 heavy (non-hydrogen) atoms. The highest BCUT2D eigenvalue weighted by atomic mass is 19.4. The van der Waals surface area contributed by atoms with E-state index in [0.29, 0.717) is 6.42 Å². The monoisotopic (exact) mass is 275 g/mol. The van der Waals surface area contributed by atoms with E-state index in [1.807, 2.05) is 24.7 Å². The van der Waals surface area contributed by atoms with E-state index in [0.717, 1.165) is 12.2 Å². The topological polar surface area (TPSA) is 29.9 Å². The largest absolute Gasteiger partial charge is 0.391 e. The molecule has 0 radical (unpaired) electrons. The standard InChI is InChI=1S/C13H20F3N3/c1-9(12-17-6-7-19(12)2)18-11-5-3-4-10(8-11)13(14,15)16/h6-7,9-11,18H,3-5,8H2,1-2H3. The van der Waals surface area contributed by atoms with Crippen LogP contribution in [0.25, 0.3) is 0 Å². The quantitative estimate of drug-likeness (QED) is 0.918. The van der Waals surface area contributed by atoms with Gasteiger partial charge in [0.25, 0.3) is 0 Å². The molecular formula is C13H20F3N3. The van der Waals surface area contributed by atoms with Crippen molar-refractivity contribution >= 4 is 0 Å². The van der Waals surface area contributed by atoms with Crippen LogP contribution in [0.4, 0.5) is 13.2 Å². The predicted molar refractivity (Wildman–Crippen MR) is 66.6 cm³/mol. The summed E-state index contributed by atoms with van der Waals surface area (Å²) in [7, 11) is 1.89. The molecular weight excluding hydrogens is 255 g/mol. The number of aromatic nitrogens is 2. The third kappa shape index (κ3) is 3.49. The van der Waals surface area contributed by atoms with Gasteiger partial charge in [0.15, 0.2) is 0 Å². The molecule has 0 aliphatic heterocycles. The van der Waals surface area contributed by atoms with Crippen molar-refractivity contribution < 1.29 is 13.2 Å². The Labute approximate surface area is 111 Å². The molecule has 3 nitrogen and oxygen atoms in total. The number of hydrogen-bond donors (Lipinski definition) is 1. The van der Waals surface area contributed by atoms with Crippen molar-refractivity contribution in [3.05, 3.63) is 18.2 Å². The molecule has 1 aromatic rings. The highest BCUT2D eigenvalue weighted by Gasteiger charge is 2.42. The maximum atomic E-state index is 12.7. The molecule has 1 fully saturated rings. The average molecular weight is 275 g/mol. The molecule has 1 N–H and O–H groups in total. The number of nitrogens with zero attached hydrogens (tertiary/aromatic N) is 2. The summed E-state index contributed by atoms with van der Waals surface area (Å²) in [5, 5.41) is 3.28. The Bertz CT molecular complexity index is 414. The van der Waals surface area contributed by atoms with E-state index in [-0.39, 0.29) is 24.9 Å². The zero-order valence-electron chi connectivity index (χ0n) is 11.2. The smallest absolute Gasteiger partial charge is 0.337 e. The molecule has 0 spiro atoms. The third-order valence-electron chi connectivity index (χ3n) is 3.87. The van der Waals surface area contributed by atoms with Gasteiger partial charge in [-0.25, -0.2) is 4.98 Å². The van der Waals surface area contributed by atoms with Crippen LogP contribution in [0.2, 0.25) is 0 Å². The Kier molecular flexibility index (Phi) is 4.18. The van der Waals surface area contributed by atoms with Gasteiger partial charge in [-0.3, -0.25) is 0 Å². The first-order valence-corrected chi connectivity index (χ1v) is 6.68. The van der Waals surface area contributed by atoms with E-state index < -0.39 is 12.1 Å². The molecule has 2 rings (SSSR count). The maximum absolute atomic E-state index is 12.7. The maximum Gasteiger partial charge on any atom is 0.391 e. The number of halogens is 3. The first-order chi connectivity index (χ1) is 8.88. The minimum Gasteiger partial charge on any atom is -0.337 e. The molecule has 108 valence electrons. The van der Waals surface area contributed by atoms with Crippen LogP contribution in [0, 0.1) is 5.92 Å². The van der Waals surface area contributed by atoms with Crippen LogP contribution in [0.15, 0.2) is 12.4 Å². The molecule has 0 bridgehead atoms. The molecule has 1 saturated carbocycles. The molecule has 0 aromatic carbocycles. The minimum absolute atomic E-state index is 0.0306. The summed E-state index contributed by atoms with van der Waals surface area (Å²) in [5.74, 6) is -0.304. The van der Waals surface area contributed by atoms with Gasteiger partial charge < -0.3 is 9.88 Å². The van der Waals surface area contributed by atoms with Crippen LogP contribution >= 0.6 is 0 Å². The van der Waals surface area contributed by atoms with Crippen molar-refractivity contribution in [1.82, 2.24) is 14.9 Å². The Morgan fingerprint density at radius 2 is 2.16 bits per heavy atom. The Hall–Kier alpha value is -1.04. The van der Waals surface area contributed by atoms with E-state index in [4.69, 9.17) is 0 Å². The fourth-order valence-electron chi connectivity index (χ4n) is 2.86. The number of alkyl halides is 3. The van der Waals surface area contributed by atoms with Gasteiger partial charge in [-0.1, -0.05) is 6.42 Å². The van der Waals surface area contributed by atoms with Crippen LogP contribution < -0.4 is 5.32 Å². The zero-order chi connectivity index (χ0) is 14.0. The van der Waals surface area contributed by atoms with Gasteiger partial charge in [0, 0.05) is 25.5 Å².